The van der Waals surface area contributed by atoms with Crippen LogP contribution in [0.4, 0.5) is 22.7 Å². The van der Waals surface area contributed by atoms with Gasteiger partial charge >= 0.3 is 17.9 Å². The summed E-state index contributed by atoms with van der Waals surface area (Å²) < 4.78 is 0. The fourth-order valence-corrected chi connectivity index (χ4v) is 7.94. The molecule has 1 aliphatic rings. The Morgan fingerprint density at radius 3 is 1.02 bits per heavy atom. The largest absolute Gasteiger partial charge is 0.480 e. The van der Waals surface area contributed by atoms with Gasteiger partial charge in [-0.05, 0) is 47.9 Å². The maximum Gasteiger partial charge on any atom is 0.317 e. The highest BCUT2D eigenvalue weighted by molar-refractivity contribution is 5.70. The summed E-state index contributed by atoms with van der Waals surface area (Å²) in [4.78, 5) is 86.7. The van der Waals surface area contributed by atoms with Gasteiger partial charge in [0.15, 0.2) is 0 Å². The number of nitro groups is 4. The molecule has 1 aliphatic heterocycles. The molecule has 5 rings (SSSR count). The monoisotopic (exact) mass is 886 g/mol. The first-order valence-corrected chi connectivity index (χ1v) is 20.0. The van der Waals surface area contributed by atoms with Crippen LogP contribution >= 0.6 is 0 Å². The molecule has 4 aromatic rings. The van der Waals surface area contributed by atoms with Crippen molar-refractivity contribution in [1.82, 2.24) is 20.0 Å². The minimum absolute atomic E-state index is 0.00194. The van der Waals surface area contributed by atoms with Crippen molar-refractivity contribution in [3.8, 4) is 0 Å². The molecule has 4 aromatic carbocycles. The molecule has 0 radical (unpaired) electrons. The molecule has 0 aromatic heterocycles. The Hall–Kier alpha value is -7.27. The van der Waals surface area contributed by atoms with Gasteiger partial charge in [0, 0.05) is 98.9 Å². The van der Waals surface area contributed by atoms with E-state index in [1.54, 1.807) is 39.0 Å². The maximum absolute atomic E-state index is 12.8. The van der Waals surface area contributed by atoms with Crippen molar-refractivity contribution in [2.45, 2.75) is 49.9 Å². The highest BCUT2D eigenvalue weighted by Crippen LogP contribution is 2.24. The van der Waals surface area contributed by atoms with Crippen LogP contribution in [0.1, 0.15) is 22.3 Å². The number of carbonyl (C=O) groups is 3. The van der Waals surface area contributed by atoms with Crippen molar-refractivity contribution in [3.05, 3.63) is 160 Å². The second-order valence-electron chi connectivity index (χ2n) is 15.5. The van der Waals surface area contributed by atoms with Crippen LogP contribution in [-0.2, 0) is 40.1 Å². The first-order chi connectivity index (χ1) is 30.4. The van der Waals surface area contributed by atoms with E-state index in [0.717, 1.165) is 0 Å². The minimum Gasteiger partial charge on any atom is -0.480 e. The lowest BCUT2D eigenvalue weighted by atomic mass is 9.96. The maximum atomic E-state index is 12.8. The summed E-state index contributed by atoms with van der Waals surface area (Å²) in [6, 6.07) is 19.8. The lowest BCUT2D eigenvalue weighted by Gasteiger charge is -2.43. The van der Waals surface area contributed by atoms with E-state index >= 15 is 0 Å². The van der Waals surface area contributed by atoms with Gasteiger partial charge in [-0.2, -0.15) is 0 Å². The Bertz CT molecular complexity index is 2280. The van der Waals surface area contributed by atoms with Crippen LogP contribution in [0.3, 0.4) is 0 Å². The van der Waals surface area contributed by atoms with E-state index in [9.17, 15) is 70.2 Å². The van der Waals surface area contributed by atoms with Gasteiger partial charge in [0.1, 0.15) is 0 Å². The van der Waals surface area contributed by atoms with Crippen LogP contribution in [0.5, 0.6) is 0 Å². The molecule has 0 amide bonds. The highest BCUT2D eigenvalue weighted by Gasteiger charge is 2.35. The van der Waals surface area contributed by atoms with Crippen LogP contribution in [-0.4, -0.2) is 138 Å². The second-order valence-corrected chi connectivity index (χ2v) is 15.5. The molecule has 1 heterocycles. The summed E-state index contributed by atoms with van der Waals surface area (Å²) in [5.74, 6) is -3.69. The number of nitrogens with zero attached hydrogens (tertiary/aromatic N) is 7. The molecule has 0 aliphatic carbocycles. The van der Waals surface area contributed by atoms with Gasteiger partial charge in [-0.15, -0.1) is 0 Å². The summed E-state index contributed by atoms with van der Waals surface area (Å²) in [7, 11) is 0. The number of aliphatic carboxylic acids is 3. The molecule has 0 unspecified atom stereocenters. The highest BCUT2D eigenvalue weighted by atomic mass is 16.6. The van der Waals surface area contributed by atoms with Gasteiger partial charge in [0.2, 0.25) is 0 Å². The number of hydrogen-bond acceptors (Lipinski definition) is 15. The molecule has 0 bridgehead atoms. The Balaban J connectivity index is 1.67. The Morgan fingerprint density at radius 2 is 0.719 bits per heavy atom. The van der Waals surface area contributed by atoms with Crippen molar-refractivity contribution < 1.29 is 49.4 Å². The number of carboxylic acids is 3. The van der Waals surface area contributed by atoms with Crippen LogP contribution < -0.4 is 5.32 Å². The smallest absolute Gasteiger partial charge is 0.317 e. The van der Waals surface area contributed by atoms with Gasteiger partial charge in [-0.25, -0.2) is 0 Å². The topological polar surface area (TPSA) is 306 Å². The number of nitrogens with one attached hydrogen (secondary N) is 1. The van der Waals surface area contributed by atoms with Crippen LogP contribution in [0.25, 0.3) is 0 Å². The zero-order valence-electron chi connectivity index (χ0n) is 34.3. The van der Waals surface area contributed by atoms with E-state index in [1.807, 2.05) is 0 Å². The number of non-ortho nitro benzene ring substituents is 4. The van der Waals surface area contributed by atoms with Gasteiger partial charge in [-0.3, -0.25) is 69.5 Å². The van der Waals surface area contributed by atoms with E-state index < -0.39 is 81.4 Å². The zero-order valence-corrected chi connectivity index (χ0v) is 34.3. The molecule has 22 nitrogen and oxygen atoms in total. The SMILES string of the molecule is O=C(O)CN1C[C@H](Cc2ccc([N+](=O)[O-])cc2)NC[C@H](Cc2ccc([N+](=O)[O-])cc2)N(CC(=O)O)C[C@H](Cc2ccc([N+](=O)[O-])cc2)N(CC(=O)O)C[C@@H]1Cc1ccc([N+](=O)[O-])cc1. The summed E-state index contributed by atoms with van der Waals surface area (Å²) in [6.45, 7) is -1.84. The third kappa shape index (κ3) is 14.1. The minimum atomic E-state index is -1.26. The quantitative estimate of drug-likeness (QED) is 0.0815. The van der Waals surface area contributed by atoms with Gasteiger partial charge < -0.3 is 20.6 Å². The molecule has 22 heteroatoms. The predicted octanol–water partition coefficient (Wildman–Crippen LogP) is 3.83. The number of carboxylic acid groups (broad SMARTS) is 3. The van der Waals surface area contributed by atoms with E-state index in [-0.39, 0.29) is 74.6 Å². The van der Waals surface area contributed by atoms with Crippen molar-refractivity contribution in [1.29, 1.82) is 0 Å². The number of hydrogen-bond donors (Lipinski definition) is 4. The lowest BCUT2D eigenvalue weighted by Crippen LogP contribution is -2.60. The fraction of sp³-hybridized carbons (Fsp3) is 0.357. The predicted molar refractivity (Wildman–Crippen MR) is 228 cm³/mol. The molecule has 4 N–H and O–H groups in total. The van der Waals surface area contributed by atoms with Crippen molar-refractivity contribution in [2.24, 2.45) is 0 Å². The lowest BCUT2D eigenvalue weighted by molar-refractivity contribution is -0.385. The van der Waals surface area contributed by atoms with Crippen molar-refractivity contribution >= 4 is 40.7 Å². The average molecular weight is 887 g/mol. The average Bonchev–Trinajstić information content (AvgIpc) is 3.23. The van der Waals surface area contributed by atoms with Crippen LogP contribution in [0, 0.1) is 40.5 Å². The number of benzene rings is 4. The standard InChI is InChI=1S/C42H46N8O14/c51-40(52)25-44-22-32(17-28-1-9-33(10-2-28)47(57)58)43-21-37(18-29-3-11-34(12-4-29)48(59)60)45(26-41(53)54)23-39(20-31-7-15-36(16-8-31)50(63)64)46(27-42(55)56)24-38(44)19-30-5-13-35(14-6-30)49(61)62/h1-16,32,37-39,43H,17-27H2,(H,51,52)(H,53,54)(H,55,56)/t32-,37-,38-,39-/m0/s1. The molecule has 0 saturated carbocycles. The third-order valence-electron chi connectivity index (χ3n) is 11.0. The third-order valence-corrected chi connectivity index (χ3v) is 11.0. The molecule has 1 fully saturated rings. The molecule has 0 spiro atoms. The molecule has 4 atom stereocenters. The summed E-state index contributed by atoms with van der Waals surface area (Å²) in [5.41, 5.74) is 1.67. The van der Waals surface area contributed by atoms with Gasteiger partial charge in [0.25, 0.3) is 22.7 Å². The number of rotatable bonds is 18. The van der Waals surface area contributed by atoms with Gasteiger partial charge in [-0.1, -0.05) is 48.5 Å². The van der Waals surface area contributed by atoms with E-state index in [0.29, 0.717) is 22.3 Å². The fourth-order valence-electron chi connectivity index (χ4n) is 7.94. The normalized spacial score (nSPS) is 19.1. The summed E-state index contributed by atoms with van der Waals surface area (Å²) in [5, 5.41) is 80.5. The zero-order chi connectivity index (χ0) is 46.5. The Labute approximate surface area is 364 Å². The number of nitro benzene ring substituents is 4. The second kappa shape index (κ2) is 22.2. The van der Waals surface area contributed by atoms with Crippen LogP contribution in [0.2, 0.25) is 0 Å². The molecular formula is C42H46N8O14. The summed E-state index contributed by atoms with van der Waals surface area (Å²) in [6.07, 6.45) is 0.485. The van der Waals surface area contributed by atoms with E-state index in [1.165, 1.54) is 72.8 Å². The summed E-state index contributed by atoms with van der Waals surface area (Å²) >= 11 is 0. The first-order valence-electron chi connectivity index (χ1n) is 20.0. The van der Waals surface area contributed by atoms with Gasteiger partial charge in [0.05, 0.1) is 39.3 Å². The first kappa shape index (κ1) is 47.8. The van der Waals surface area contributed by atoms with Crippen LogP contribution in [0.15, 0.2) is 97.1 Å². The molecule has 1 saturated heterocycles. The Morgan fingerprint density at radius 1 is 0.453 bits per heavy atom. The molecular weight excluding hydrogens is 841 g/mol. The molecule has 64 heavy (non-hydrogen) atoms. The van der Waals surface area contributed by atoms with Crippen molar-refractivity contribution in [3.63, 3.8) is 0 Å². The van der Waals surface area contributed by atoms with E-state index in [2.05, 4.69) is 5.32 Å². The van der Waals surface area contributed by atoms with E-state index in [4.69, 9.17) is 0 Å². The van der Waals surface area contributed by atoms with Crippen molar-refractivity contribution in [2.75, 3.05) is 45.8 Å². The Kier molecular flexibility index (Phi) is 16.6. The molecule has 338 valence electrons.